The molecule has 0 heterocycles. The fourth-order valence-corrected chi connectivity index (χ4v) is 10.5. The molecule has 0 saturated heterocycles. The van der Waals surface area contributed by atoms with Crippen molar-refractivity contribution >= 4 is 30.8 Å². The molecule has 0 spiro atoms. The fraction of sp³-hybridized carbons (Fsp3) is 0.333. The largest absolute Gasteiger partial charge is 1.00 e. The molecule has 184 valence electrons. The Bertz CT molecular complexity index is 927. The molecule has 4 nitrogen and oxygen atoms in total. The molecule has 0 aliphatic heterocycles. The Morgan fingerprint density at radius 2 is 1.12 bits per heavy atom. The zero-order valence-corrected chi connectivity index (χ0v) is 23.6. The average Bonchev–Trinajstić information content (AvgIpc) is 2.84. The highest BCUT2D eigenvalue weighted by Crippen LogP contribution is 2.61. The molecule has 2 N–H and O–H groups in total. The number of benzene rings is 3. The lowest BCUT2D eigenvalue weighted by Gasteiger charge is -2.33. The van der Waals surface area contributed by atoms with Gasteiger partial charge in [-0.25, -0.2) is 0 Å². The van der Waals surface area contributed by atoms with Crippen LogP contribution in [0.3, 0.4) is 0 Å². The molecule has 0 saturated carbocycles. The van der Waals surface area contributed by atoms with Gasteiger partial charge in [-0.15, -0.1) is 0 Å². The van der Waals surface area contributed by atoms with E-state index in [0.717, 1.165) is 12.6 Å². The lowest BCUT2D eigenvalue weighted by Crippen LogP contribution is -3.00. The van der Waals surface area contributed by atoms with Gasteiger partial charge in [0.25, 0.3) is 0 Å². The summed E-state index contributed by atoms with van der Waals surface area (Å²) in [4.78, 5) is 0. The molecule has 0 radical (unpaired) electrons. The Kier molecular flexibility index (Phi) is 11.2. The van der Waals surface area contributed by atoms with Crippen LogP contribution in [0.25, 0.3) is 0 Å². The summed E-state index contributed by atoms with van der Waals surface area (Å²) in [5, 5.41) is 2.94. The maximum Gasteiger partial charge on any atom is 0.349 e. The van der Waals surface area contributed by atoms with E-state index in [4.69, 9.17) is 14.8 Å². The first-order valence-corrected chi connectivity index (χ1v) is 15.1. The first kappa shape index (κ1) is 28.9. The summed E-state index contributed by atoms with van der Waals surface area (Å²) in [6, 6.07) is 32.3. The number of hydrogen-bond acceptors (Lipinski definition) is 4. The third kappa shape index (κ3) is 6.26. The predicted molar refractivity (Wildman–Crippen MR) is 143 cm³/mol. The van der Waals surface area contributed by atoms with E-state index in [9.17, 15) is 4.57 Å². The molecule has 1 atom stereocenters. The second-order valence-corrected chi connectivity index (χ2v) is 14.5. The predicted octanol–water partition coefficient (Wildman–Crippen LogP) is 2.71. The van der Waals surface area contributed by atoms with Crippen LogP contribution in [0.4, 0.5) is 0 Å². The van der Waals surface area contributed by atoms with Crippen LogP contribution in [0.1, 0.15) is 33.6 Å². The molecular weight excluding hydrogens is 528 g/mol. The van der Waals surface area contributed by atoms with Gasteiger partial charge in [0, 0.05) is 0 Å². The van der Waals surface area contributed by atoms with Gasteiger partial charge in [-0.1, -0.05) is 54.6 Å². The highest BCUT2D eigenvalue weighted by atomic mass is 79.9. The fourth-order valence-electron chi connectivity index (χ4n) is 4.37. The maximum atomic E-state index is 13.4. The molecule has 0 aliphatic carbocycles. The highest BCUT2D eigenvalue weighted by molar-refractivity contribution is 7.95. The molecule has 1 unspecified atom stereocenters. The molecule has 3 aromatic rings. The number of nitrogens with two attached hydrogens (primary N) is 1. The lowest BCUT2D eigenvalue weighted by atomic mass is 10.2. The van der Waals surface area contributed by atoms with Gasteiger partial charge < -0.3 is 31.8 Å². The van der Waals surface area contributed by atoms with E-state index in [1.54, 1.807) is 6.92 Å². The van der Waals surface area contributed by atoms with E-state index in [-0.39, 0.29) is 17.0 Å². The van der Waals surface area contributed by atoms with Crippen LogP contribution in [0.2, 0.25) is 0 Å². The van der Waals surface area contributed by atoms with E-state index >= 15 is 0 Å². The third-order valence-electron chi connectivity index (χ3n) is 5.99. The maximum absolute atomic E-state index is 13.4. The van der Waals surface area contributed by atoms with Crippen LogP contribution in [0.15, 0.2) is 91.0 Å². The minimum atomic E-state index is -3.43. The summed E-state index contributed by atoms with van der Waals surface area (Å²) in [6.45, 7) is 6.04. The number of halogens is 1. The minimum Gasteiger partial charge on any atom is -1.00 e. The lowest BCUT2D eigenvalue weighted by molar-refractivity contribution is -0.0000112. The summed E-state index contributed by atoms with van der Waals surface area (Å²) >= 11 is 0. The minimum absolute atomic E-state index is 0. The summed E-state index contributed by atoms with van der Waals surface area (Å²) in [5.74, 6) is 0. The van der Waals surface area contributed by atoms with Crippen LogP contribution in [-0.2, 0) is 13.6 Å². The zero-order chi connectivity index (χ0) is 23.8. The molecule has 0 bridgehead atoms. The zero-order valence-electron chi connectivity index (χ0n) is 20.3. The quantitative estimate of drug-likeness (QED) is 0.344. The first-order valence-electron chi connectivity index (χ1n) is 11.6. The van der Waals surface area contributed by atoms with Crippen molar-refractivity contribution in [2.24, 2.45) is 5.73 Å². The molecule has 0 aliphatic rings. The number of hydrogen-bond donors (Lipinski definition) is 1. The Morgan fingerprint density at radius 1 is 0.765 bits per heavy atom. The van der Waals surface area contributed by atoms with Gasteiger partial charge >= 0.3 is 7.60 Å². The second kappa shape index (κ2) is 13.1. The molecule has 3 aromatic carbocycles. The summed E-state index contributed by atoms with van der Waals surface area (Å²) in [5.41, 5.74) is 6.61. The van der Waals surface area contributed by atoms with Crippen molar-refractivity contribution in [2.45, 2.75) is 38.9 Å². The highest BCUT2D eigenvalue weighted by Gasteiger charge is 2.47. The molecule has 0 amide bonds. The van der Waals surface area contributed by atoms with Gasteiger partial charge in [0.2, 0.25) is 0 Å². The van der Waals surface area contributed by atoms with Crippen LogP contribution in [-0.4, -0.2) is 24.7 Å². The van der Waals surface area contributed by atoms with Crippen molar-refractivity contribution < 1.29 is 30.6 Å². The van der Waals surface area contributed by atoms with E-state index in [2.05, 4.69) is 91.0 Å². The molecule has 0 aromatic heterocycles. The van der Waals surface area contributed by atoms with Gasteiger partial charge in [0.15, 0.2) is 0 Å². The van der Waals surface area contributed by atoms with Crippen molar-refractivity contribution in [3.8, 4) is 0 Å². The van der Waals surface area contributed by atoms with Crippen molar-refractivity contribution in [3.05, 3.63) is 91.0 Å². The summed E-state index contributed by atoms with van der Waals surface area (Å²) in [6.07, 6.45) is 2.25. The standard InChI is InChI=1S/C27H36NO3P2.BrH/c1-4-30-33(29,31-5-2)27(3,28)22-15-23-32(24-16-9-6-10-17-24,25-18-11-7-12-19-25)26-20-13-8-14-21-26;/h6-14,16-21H,4-5,15,22-23,28H2,1-3H3;1H/q+1;/p-1. The van der Waals surface area contributed by atoms with Gasteiger partial charge in [-0.2, -0.15) is 0 Å². The molecule has 34 heavy (non-hydrogen) atoms. The van der Waals surface area contributed by atoms with Crippen molar-refractivity contribution in [2.75, 3.05) is 19.4 Å². The Hall–Kier alpha value is -1.32. The summed E-state index contributed by atoms with van der Waals surface area (Å²) in [7, 11) is -5.38. The van der Waals surface area contributed by atoms with Gasteiger partial charge in [-0.3, -0.25) is 4.57 Å². The molecule has 3 rings (SSSR count). The van der Waals surface area contributed by atoms with Crippen LogP contribution < -0.4 is 38.6 Å². The van der Waals surface area contributed by atoms with Gasteiger partial charge in [-0.05, 0) is 70.0 Å². The third-order valence-corrected chi connectivity index (χ3v) is 13.2. The van der Waals surface area contributed by atoms with Crippen molar-refractivity contribution in [3.63, 3.8) is 0 Å². The molecule has 7 heteroatoms. The van der Waals surface area contributed by atoms with Gasteiger partial charge in [0.05, 0.1) is 19.4 Å². The Balaban J connectivity index is 0.00000408. The second-order valence-electron chi connectivity index (χ2n) is 8.33. The normalized spacial score (nSPS) is 13.6. The van der Waals surface area contributed by atoms with Crippen LogP contribution in [0, 0.1) is 0 Å². The topological polar surface area (TPSA) is 61.5 Å². The first-order chi connectivity index (χ1) is 15.9. The van der Waals surface area contributed by atoms with E-state index in [0.29, 0.717) is 19.6 Å². The number of rotatable bonds is 12. The van der Waals surface area contributed by atoms with Crippen LogP contribution in [0.5, 0.6) is 0 Å². The van der Waals surface area contributed by atoms with E-state index < -0.39 is 20.1 Å². The molecule has 0 fully saturated rings. The van der Waals surface area contributed by atoms with Crippen molar-refractivity contribution in [1.29, 1.82) is 0 Å². The van der Waals surface area contributed by atoms with Crippen molar-refractivity contribution in [1.82, 2.24) is 0 Å². The summed E-state index contributed by atoms with van der Waals surface area (Å²) < 4.78 is 24.6. The van der Waals surface area contributed by atoms with E-state index in [1.807, 2.05) is 13.8 Å². The smallest absolute Gasteiger partial charge is 0.349 e. The SMILES string of the molecule is CCOP(=O)(OCC)C(C)(N)CCC[P+](c1ccccc1)(c1ccccc1)c1ccccc1.[Br-]. The monoisotopic (exact) mass is 563 g/mol. The van der Waals surface area contributed by atoms with Gasteiger partial charge in [0.1, 0.15) is 28.5 Å². The van der Waals surface area contributed by atoms with Crippen LogP contribution >= 0.6 is 14.9 Å². The Labute approximate surface area is 215 Å². The molecular formula is C27H36BrNO3P2. The van der Waals surface area contributed by atoms with E-state index in [1.165, 1.54) is 15.9 Å². The average molecular weight is 564 g/mol. The Morgan fingerprint density at radius 3 is 1.44 bits per heavy atom.